The van der Waals surface area contributed by atoms with Crippen LogP contribution in [0.1, 0.15) is 12.0 Å². The third-order valence-corrected chi connectivity index (χ3v) is 1.33. The minimum absolute atomic E-state index is 0.255. The van der Waals surface area contributed by atoms with Gasteiger partial charge in [0.2, 0.25) is 0 Å². The van der Waals surface area contributed by atoms with Crippen LogP contribution in [-0.4, -0.2) is 6.54 Å². The highest BCUT2D eigenvalue weighted by Crippen LogP contribution is 2.00. The molecular formula is C10H10FN. The van der Waals surface area contributed by atoms with E-state index in [4.69, 9.17) is 5.73 Å². The summed E-state index contributed by atoms with van der Waals surface area (Å²) in [7, 11) is 0. The number of benzene rings is 1. The van der Waals surface area contributed by atoms with Crippen molar-refractivity contribution < 1.29 is 4.39 Å². The van der Waals surface area contributed by atoms with Gasteiger partial charge in [-0.1, -0.05) is 17.9 Å². The van der Waals surface area contributed by atoms with E-state index in [9.17, 15) is 4.39 Å². The van der Waals surface area contributed by atoms with E-state index < -0.39 is 0 Å². The molecule has 0 saturated heterocycles. The molecule has 0 atom stereocenters. The van der Waals surface area contributed by atoms with Crippen LogP contribution in [0.3, 0.4) is 0 Å². The fourth-order valence-corrected chi connectivity index (χ4v) is 0.803. The summed E-state index contributed by atoms with van der Waals surface area (Å²) in [5.41, 5.74) is 5.94. The molecule has 1 aromatic rings. The summed E-state index contributed by atoms with van der Waals surface area (Å²) in [6, 6.07) is 6.21. The summed E-state index contributed by atoms with van der Waals surface area (Å²) in [6.07, 6.45) is 0.649. The summed E-state index contributed by atoms with van der Waals surface area (Å²) in [6.45, 7) is 0.544. The smallest absolute Gasteiger partial charge is 0.124 e. The van der Waals surface area contributed by atoms with Gasteiger partial charge < -0.3 is 5.73 Å². The SMILES string of the molecule is NCCC#Cc1cccc(F)c1. The van der Waals surface area contributed by atoms with Crippen LogP contribution in [-0.2, 0) is 0 Å². The standard InChI is InChI=1S/C10H10FN/c11-10-6-3-5-9(8-10)4-1-2-7-12/h3,5-6,8H,2,7,12H2. The topological polar surface area (TPSA) is 26.0 Å². The first-order valence-corrected chi connectivity index (χ1v) is 3.77. The first kappa shape index (κ1) is 8.76. The minimum Gasteiger partial charge on any atom is -0.330 e. The summed E-state index contributed by atoms with van der Waals surface area (Å²) < 4.78 is 12.6. The van der Waals surface area contributed by atoms with E-state index in [1.165, 1.54) is 12.1 Å². The normalized spacial score (nSPS) is 8.83. The van der Waals surface area contributed by atoms with Crippen LogP contribution >= 0.6 is 0 Å². The fraction of sp³-hybridized carbons (Fsp3) is 0.200. The maximum atomic E-state index is 12.6. The number of hydrogen-bond acceptors (Lipinski definition) is 1. The lowest BCUT2D eigenvalue weighted by atomic mass is 10.2. The molecule has 2 N–H and O–H groups in total. The number of rotatable bonds is 1. The highest BCUT2D eigenvalue weighted by Gasteiger charge is 1.88. The molecule has 0 unspecified atom stereocenters. The van der Waals surface area contributed by atoms with Crippen LogP contribution in [0.2, 0.25) is 0 Å². The Kier molecular flexibility index (Phi) is 3.31. The molecule has 0 fully saturated rings. The van der Waals surface area contributed by atoms with E-state index >= 15 is 0 Å². The Morgan fingerprint density at radius 2 is 2.25 bits per heavy atom. The molecule has 0 aromatic heterocycles. The number of halogens is 1. The molecule has 2 heteroatoms. The van der Waals surface area contributed by atoms with Crippen LogP contribution in [0.4, 0.5) is 4.39 Å². The van der Waals surface area contributed by atoms with Crippen molar-refractivity contribution >= 4 is 0 Å². The van der Waals surface area contributed by atoms with Gasteiger partial charge in [-0.3, -0.25) is 0 Å². The molecule has 0 aliphatic carbocycles. The number of nitrogens with two attached hydrogens (primary N) is 1. The molecule has 1 nitrogen and oxygen atoms in total. The zero-order chi connectivity index (χ0) is 8.81. The number of hydrogen-bond donors (Lipinski definition) is 1. The Morgan fingerprint density at radius 3 is 2.92 bits per heavy atom. The maximum absolute atomic E-state index is 12.6. The predicted molar refractivity (Wildman–Crippen MR) is 46.9 cm³/mol. The van der Waals surface area contributed by atoms with Crippen molar-refractivity contribution in [1.29, 1.82) is 0 Å². The van der Waals surface area contributed by atoms with E-state index in [1.807, 2.05) is 0 Å². The third kappa shape index (κ3) is 2.73. The van der Waals surface area contributed by atoms with Crippen LogP contribution in [0.5, 0.6) is 0 Å². The Balaban J connectivity index is 2.71. The summed E-state index contributed by atoms with van der Waals surface area (Å²) >= 11 is 0. The van der Waals surface area contributed by atoms with Crippen molar-refractivity contribution in [2.24, 2.45) is 5.73 Å². The zero-order valence-corrected chi connectivity index (χ0v) is 6.68. The first-order chi connectivity index (χ1) is 5.83. The van der Waals surface area contributed by atoms with Crippen molar-refractivity contribution in [3.63, 3.8) is 0 Å². The minimum atomic E-state index is -0.255. The Hall–Kier alpha value is -1.33. The second-order valence-electron chi connectivity index (χ2n) is 2.35. The van der Waals surface area contributed by atoms with Crippen LogP contribution in [0, 0.1) is 17.7 Å². The second-order valence-corrected chi connectivity index (χ2v) is 2.35. The molecule has 0 spiro atoms. The Bertz CT molecular complexity index is 309. The molecule has 0 bridgehead atoms. The molecule has 0 radical (unpaired) electrons. The van der Waals surface area contributed by atoms with Crippen molar-refractivity contribution in [3.8, 4) is 11.8 Å². The molecule has 0 aliphatic rings. The van der Waals surface area contributed by atoms with Gasteiger partial charge in [0.05, 0.1) is 0 Å². The molecular weight excluding hydrogens is 153 g/mol. The zero-order valence-electron chi connectivity index (χ0n) is 6.68. The van der Waals surface area contributed by atoms with Crippen molar-refractivity contribution in [2.75, 3.05) is 6.54 Å². The lowest BCUT2D eigenvalue weighted by molar-refractivity contribution is 0.627. The van der Waals surface area contributed by atoms with E-state index in [0.29, 0.717) is 18.5 Å². The molecule has 12 heavy (non-hydrogen) atoms. The third-order valence-electron chi connectivity index (χ3n) is 1.33. The van der Waals surface area contributed by atoms with E-state index in [1.54, 1.807) is 12.1 Å². The van der Waals surface area contributed by atoms with Gasteiger partial charge in [-0.15, -0.1) is 0 Å². The molecule has 0 saturated carbocycles. The van der Waals surface area contributed by atoms with Gasteiger partial charge in [0.15, 0.2) is 0 Å². The van der Waals surface area contributed by atoms with Gasteiger partial charge in [-0.2, -0.15) is 0 Å². The quantitative estimate of drug-likeness (QED) is 0.624. The van der Waals surface area contributed by atoms with Gasteiger partial charge in [-0.25, -0.2) is 4.39 Å². The molecule has 1 rings (SSSR count). The molecule has 0 heterocycles. The van der Waals surface area contributed by atoms with Crippen LogP contribution < -0.4 is 5.73 Å². The van der Waals surface area contributed by atoms with Gasteiger partial charge in [0.25, 0.3) is 0 Å². The van der Waals surface area contributed by atoms with Crippen molar-refractivity contribution in [3.05, 3.63) is 35.6 Å². The maximum Gasteiger partial charge on any atom is 0.124 e. The summed E-state index contributed by atoms with van der Waals surface area (Å²) in [4.78, 5) is 0. The Labute approximate surface area is 71.4 Å². The fourth-order valence-electron chi connectivity index (χ4n) is 0.803. The average Bonchev–Trinajstić information content (AvgIpc) is 2.05. The molecule has 62 valence electrons. The molecule has 0 amide bonds. The highest BCUT2D eigenvalue weighted by atomic mass is 19.1. The van der Waals surface area contributed by atoms with Crippen molar-refractivity contribution in [1.82, 2.24) is 0 Å². The van der Waals surface area contributed by atoms with E-state index in [2.05, 4.69) is 11.8 Å². The monoisotopic (exact) mass is 163 g/mol. The van der Waals surface area contributed by atoms with Gasteiger partial charge in [0.1, 0.15) is 5.82 Å². The molecule has 0 aliphatic heterocycles. The first-order valence-electron chi connectivity index (χ1n) is 3.77. The predicted octanol–water partition coefficient (Wildman–Crippen LogP) is 1.53. The van der Waals surface area contributed by atoms with Crippen molar-refractivity contribution in [2.45, 2.75) is 6.42 Å². The van der Waals surface area contributed by atoms with Crippen LogP contribution in [0.25, 0.3) is 0 Å². The van der Waals surface area contributed by atoms with Gasteiger partial charge in [-0.05, 0) is 18.2 Å². The second kappa shape index (κ2) is 4.53. The van der Waals surface area contributed by atoms with Gasteiger partial charge >= 0.3 is 0 Å². The lowest BCUT2D eigenvalue weighted by Gasteiger charge is -1.88. The lowest BCUT2D eigenvalue weighted by Crippen LogP contribution is -1.95. The summed E-state index contributed by atoms with van der Waals surface area (Å²) in [5.74, 6) is 5.40. The van der Waals surface area contributed by atoms with Crippen LogP contribution in [0.15, 0.2) is 24.3 Å². The van der Waals surface area contributed by atoms with E-state index in [0.717, 1.165) is 0 Å². The Morgan fingerprint density at radius 1 is 1.42 bits per heavy atom. The van der Waals surface area contributed by atoms with Gasteiger partial charge in [0, 0.05) is 18.5 Å². The summed E-state index contributed by atoms with van der Waals surface area (Å²) in [5, 5.41) is 0. The largest absolute Gasteiger partial charge is 0.330 e. The average molecular weight is 163 g/mol. The molecule has 1 aromatic carbocycles. The van der Waals surface area contributed by atoms with E-state index in [-0.39, 0.29) is 5.82 Å². The highest BCUT2D eigenvalue weighted by molar-refractivity contribution is 5.34.